The van der Waals surface area contributed by atoms with Gasteiger partial charge in [-0.05, 0) is 31.1 Å². The number of rotatable bonds is 8. The lowest BCUT2D eigenvalue weighted by Gasteiger charge is -2.28. The quantitative estimate of drug-likeness (QED) is 0.227. The largest absolute Gasteiger partial charge is 0.497 e. The number of unbranched alkanes of at least 4 members (excludes halogenated alkanes) is 3. The van der Waals surface area contributed by atoms with Crippen LogP contribution in [-0.4, -0.2) is 49.3 Å². The molecule has 1 aliphatic rings. The van der Waals surface area contributed by atoms with Crippen LogP contribution in [0.15, 0.2) is 24.3 Å². The molecule has 26 heavy (non-hydrogen) atoms. The number of hydrogen-bond acceptors (Lipinski definition) is 6. The molecule has 0 saturated heterocycles. The van der Waals surface area contributed by atoms with Gasteiger partial charge >= 0.3 is 0 Å². The zero-order valence-electron chi connectivity index (χ0n) is 15.2. The summed E-state index contributed by atoms with van der Waals surface area (Å²) >= 11 is 0. The highest BCUT2D eigenvalue weighted by Gasteiger charge is 2.16. The Morgan fingerprint density at radius 3 is 2.58 bits per heavy atom. The Labute approximate surface area is 171 Å². The zero-order chi connectivity index (χ0) is 18.7. The summed E-state index contributed by atoms with van der Waals surface area (Å²) in [5, 5.41) is 25.9. The van der Waals surface area contributed by atoms with Crippen LogP contribution in [0, 0.1) is 10.1 Å². The molecular formula is C17H28IN3O5. The van der Waals surface area contributed by atoms with Gasteiger partial charge in [-0.15, -0.1) is 34.1 Å². The van der Waals surface area contributed by atoms with Crippen LogP contribution >= 0.6 is 24.0 Å². The lowest BCUT2D eigenvalue weighted by molar-refractivity contribution is -0.742. The van der Waals surface area contributed by atoms with E-state index in [1.807, 2.05) is 6.07 Å². The SMILES string of the molecule is COc1ccc2c(c1)N(C)CC=C2NCCCCCCO.I.O=[N+]([O-])O. The van der Waals surface area contributed by atoms with Crippen molar-refractivity contribution in [2.45, 2.75) is 25.7 Å². The van der Waals surface area contributed by atoms with E-state index in [4.69, 9.17) is 25.2 Å². The second kappa shape index (κ2) is 13.5. The smallest absolute Gasteiger partial charge is 0.291 e. The van der Waals surface area contributed by atoms with E-state index in [0.29, 0.717) is 6.61 Å². The average Bonchev–Trinajstić information content (AvgIpc) is 2.59. The van der Waals surface area contributed by atoms with Crippen LogP contribution in [0.5, 0.6) is 5.75 Å². The number of aliphatic hydroxyl groups excluding tert-OH is 1. The van der Waals surface area contributed by atoms with E-state index in [1.54, 1.807) is 7.11 Å². The van der Waals surface area contributed by atoms with Gasteiger partial charge in [0.15, 0.2) is 0 Å². The number of ether oxygens (including phenoxy) is 1. The summed E-state index contributed by atoms with van der Waals surface area (Å²) < 4.78 is 5.31. The molecular weight excluding hydrogens is 453 g/mol. The Bertz CT molecular complexity index is 580. The van der Waals surface area contributed by atoms with Crippen LogP contribution in [0.3, 0.4) is 0 Å². The molecule has 0 spiro atoms. The summed E-state index contributed by atoms with van der Waals surface area (Å²) in [6, 6.07) is 6.22. The first-order valence-corrected chi connectivity index (χ1v) is 8.27. The number of halogens is 1. The van der Waals surface area contributed by atoms with Gasteiger partial charge < -0.3 is 25.3 Å². The third kappa shape index (κ3) is 8.56. The molecule has 1 aromatic rings. The molecule has 0 aromatic heterocycles. The molecule has 9 heteroatoms. The first-order chi connectivity index (χ1) is 12.0. The first kappa shape index (κ1) is 24.2. The molecule has 1 aliphatic heterocycles. The fraction of sp³-hybridized carbons (Fsp3) is 0.529. The maximum atomic E-state index is 8.76. The molecule has 1 heterocycles. The molecule has 1 aromatic carbocycles. The Hall–Kier alpha value is -1.75. The summed E-state index contributed by atoms with van der Waals surface area (Å²) in [4.78, 5) is 10.6. The number of nitrogens with zero attached hydrogens (tertiary/aromatic N) is 2. The lowest BCUT2D eigenvalue weighted by Crippen LogP contribution is -2.26. The van der Waals surface area contributed by atoms with Crippen molar-refractivity contribution in [3.8, 4) is 5.75 Å². The van der Waals surface area contributed by atoms with Crippen molar-refractivity contribution < 1.29 is 20.1 Å². The number of anilines is 1. The number of hydrogen-bond donors (Lipinski definition) is 3. The highest BCUT2D eigenvalue weighted by molar-refractivity contribution is 14.0. The van der Waals surface area contributed by atoms with Crippen LogP contribution in [0.25, 0.3) is 5.70 Å². The maximum Gasteiger partial charge on any atom is 0.291 e. The third-order valence-corrected chi connectivity index (χ3v) is 3.88. The topological polar surface area (TPSA) is 108 Å². The average molecular weight is 481 g/mol. The van der Waals surface area contributed by atoms with Gasteiger partial charge in [0.05, 0.1) is 7.11 Å². The number of aliphatic hydroxyl groups is 1. The summed E-state index contributed by atoms with van der Waals surface area (Å²) in [7, 11) is 3.80. The highest BCUT2D eigenvalue weighted by atomic mass is 127. The molecule has 0 saturated carbocycles. The molecule has 3 N–H and O–H groups in total. The summed E-state index contributed by atoms with van der Waals surface area (Å²) in [6.07, 6.45) is 6.56. The van der Waals surface area contributed by atoms with Crippen LogP contribution < -0.4 is 15.0 Å². The standard InChI is InChI=1S/C17H26N2O2.HI.HNO3/c1-19-11-9-16(18-10-5-3-4-6-12-20)15-8-7-14(21-2)13-17(15)19;;2-1(3)4/h7-9,13,18,20H,3-6,10-12H2,1-2H3;1H;(H,2,3,4). The molecule has 0 amide bonds. The summed E-state index contributed by atoms with van der Waals surface area (Å²) in [5.41, 5.74) is 3.66. The minimum Gasteiger partial charge on any atom is -0.497 e. The molecule has 0 bridgehead atoms. The third-order valence-electron chi connectivity index (χ3n) is 3.88. The van der Waals surface area contributed by atoms with E-state index in [1.165, 1.54) is 16.9 Å². The molecule has 2 rings (SSSR count). The van der Waals surface area contributed by atoms with E-state index in [9.17, 15) is 0 Å². The van der Waals surface area contributed by atoms with Gasteiger partial charge in [-0.25, -0.2) is 0 Å². The van der Waals surface area contributed by atoms with Crippen molar-refractivity contribution >= 4 is 35.4 Å². The maximum absolute atomic E-state index is 8.76. The van der Waals surface area contributed by atoms with Crippen LogP contribution in [-0.2, 0) is 0 Å². The second-order valence-electron chi connectivity index (χ2n) is 5.68. The van der Waals surface area contributed by atoms with Gasteiger partial charge in [-0.2, -0.15) is 0 Å². The molecule has 0 unspecified atom stereocenters. The van der Waals surface area contributed by atoms with E-state index < -0.39 is 5.09 Å². The number of fused-ring (bicyclic) bond motifs is 1. The van der Waals surface area contributed by atoms with E-state index in [-0.39, 0.29) is 24.0 Å². The summed E-state index contributed by atoms with van der Waals surface area (Å²) in [6.45, 7) is 2.19. The van der Waals surface area contributed by atoms with Crippen LogP contribution in [0.1, 0.15) is 31.2 Å². The van der Waals surface area contributed by atoms with E-state index >= 15 is 0 Å². The minimum absolute atomic E-state index is 0. The molecule has 0 atom stereocenters. The zero-order valence-corrected chi connectivity index (χ0v) is 17.5. The Morgan fingerprint density at radius 2 is 1.96 bits per heavy atom. The number of benzene rings is 1. The Balaban J connectivity index is 0.00000113. The molecule has 0 aliphatic carbocycles. The Kier molecular flexibility index (Phi) is 12.5. The lowest BCUT2D eigenvalue weighted by atomic mass is 10.0. The van der Waals surface area contributed by atoms with Crippen molar-refractivity contribution in [3.63, 3.8) is 0 Å². The van der Waals surface area contributed by atoms with Gasteiger partial charge in [0, 0.05) is 49.8 Å². The van der Waals surface area contributed by atoms with Crippen LogP contribution in [0.2, 0.25) is 0 Å². The first-order valence-electron chi connectivity index (χ1n) is 8.27. The van der Waals surface area contributed by atoms with Crippen LogP contribution in [0.4, 0.5) is 5.69 Å². The van der Waals surface area contributed by atoms with Crippen molar-refractivity contribution in [1.29, 1.82) is 0 Å². The monoisotopic (exact) mass is 481 g/mol. The predicted octanol–water partition coefficient (Wildman–Crippen LogP) is 2.90. The van der Waals surface area contributed by atoms with Crippen molar-refractivity contribution in [2.75, 3.05) is 38.8 Å². The van der Waals surface area contributed by atoms with Crippen molar-refractivity contribution in [2.24, 2.45) is 0 Å². The van der Waals surface area contributed by atoms with E-state index in [2.05, 4.69) is 35.5 Å². The fourth-order valence-electron chi connectivity index (χ4n) is 2.60. The second-order valence-corrected chi connectivity index (χ2v) is 5.68. The number of methoxy groups -OCH3 is 1. The van der Waals surface area contributed by atoms with Gasteiger partial charge in [0.25, 0.3) is 5.09 Å². The Morgan fingerprint density at radius 1 is 1.31 bits per heavy atom. The summed E-state index contributed by atoms with van der Waals surface area (Å²) in [5.74, 6) is 0.894. The number of nitrogens with one attached hydrogen (secondary N) is 1. The minimum atomic E-state index is -1.50. The number of likely N-dealkylation sites (N-methyl/N-ethyl adjacent to an activating group) is 1. The normalized spacial score (nSPS) is 12.0. The molecule has 0 radical (unpaired) electrons. The molecule has 148 valence electrons. The predicted molar refractivity (Wildman–Crippen MR) is 112 cm³/mol. The van der Waals surface area contributed by atoms with Crippen molar-refractivity contribution in [3.05, 3.63) is 40.0 Å². The van der Waals surface area contributed by atoms with Gasteiger partial charge in [0.1, 0.15) is 5.75 Å². The fourth-order valence-corrected chi connectivity index (χ4v) is 2.60. The van der Waals surface area contributed by atoms with Crippen molar-refractivity contribution in [1.82, 2.24) is 5.32 Å². The van der Waals surface area contributed by atoms with E-state index in [0.717, 1.165) is 44.5 Å². The van der Waals surface area contributed by atoms with Gasteiger partial charge in [-0.1, -0.05) is 12.8 Å². The van der Waals surface area contributed by atoms with Gasteiger partial charge in [0.2, 0.25) is 0 Å². The molecule has 0 fully saturated rings. The highest BCUT2D eigenvalue weighted by Crippen LogP contribution is 2.32. The van der Waals surface area contributed by atoms with Gasteiger partial charge in [-0.3, -0.25) is 0 Å². The molecule has 8 nitrogen and oxygen atoms in total.